The average Bonchev–Trinajstić information content (AvgIpc) is 3.17. The van der Waals surface area contributed by atoms with Crippen molar-refractivity contribution in [3.8, 4) is 0 Å². The average molecular weight is 407 g/mol. The van der Waals surface area contributed by atoms with Crippen LogP contribution in [0.4, 0.5) is 10.1 Å². The number of esters is 1. The quantitative estimate of drug-likeness (QED) is 0.448. The lowest BCUT2D eigenvalue weighted by Gasteiger charge is -2.37. The highest BCUT2D eigenvalue weighted by Crippen LogP contribution is 2.35. The molecule has 1 aliphatic rings. The number of carbonyl (C=O) groups excluding carboxylic acids is 1. The molecule has 2 heterocycles. The molecule has 0 spiro atoms. The number of thiophene rings is 1. The molecule has 142 valence electrons. The van der Waals surface area contributed by atoms with Crippen LogP contribution >= 0.6 is 23.6 Å². The summed E-state index contributed by atoms with van der Waals surface area (Å²) in [6.07, 6.45) is 0. The van der Waals surface area contributed by atoms with Crippen LogP contribution in [-0.2, 0) is 14.3 Å². The molecule has 0 unspecified atom stereocenters. The summed E-state index contributed by atoms with van der Waals surface area (Å²) < 4.78 is 23.6. The van der Waals surface area contributed by atoms with Gasteiger partial charge < -0.3 is 14.8 Å². The fourth-order valence-corrected chi connectivity index (χ4v) is 4.02. The molecule has 1 aliphatic heterocycles. The normalized spacial score (nSPS) is 17.1. The number of hydrogen-bond donors (Lipinski definition) is 1. The van der Waals surface area contributed by atoms with Crippen LogP contribution < -0.4 is 10.2 Å². The standard InChI is InChI=1S/C19H19FN2O3S2/c1-12-16(18(23)25-10-9-24-2)17(15-4-3-11-27-15)21-19(26)22(12)14-7-5-13(20)6-8-14/h3-8,11,17H,9-10H2,1-2H3,(H,21,26)/t17-/m0/s1. The van der Waals surface area contributed by atoms with E-state index < -0.39 is 12.0 Å². The largest absolute Gasteiger partial charge is 0.460 e. The van der Waals surface area contributed by atoms with Crippen LogP contribution in [0.5, 0.6) is 0 Å². The molecule has 1 N–H and O–H groups in total. The van der Waals surface area contributed by atoms with Crippen molar-refractivity contribution in [2.24, 2.45) is 0 Å². The Labute approximate surface area is 166 Å². The van der Waals surface area contributed by atoms with Crippen LogP contribution in [0, 0.1) is 5.82 Å². The van der Waals surface area contributed by atoms with E-state index in [0.29, 0.717) is 28.7 Å². The zero-order valence-electron chi connectivity index (χ0n) is 14.9. The molecule has 3 rings (SSSR count). The fraction of sp³-hybridized carbons (Fsp3) is 0.263. The second-order valence-corrected chi connectivity index (χ2v) is 7.20. The van der Waals surface area contributed by atoms with Gasteiger partial charge in [-0.1, -0.05) is 6.07 Å². The molecule has 5 nitrogen and oxygen atoms in total. The first kappa shape index (κ1) is 19.5. The number of hydrogen-bond acceptors (Lipinski definition) is 5. The summed E-state index contributed by atoms with van der Waals surface area (Å²) in [6.45, 7) is 2.28. The molecular weight excluding hydrogens is 387 g/mol. The molecule has 0 saturated carbocycles. The monoisotopic (exact) mass is 406 g/mol. The lowest BCUT2D eigenvalue weighted by atomic mass is 10.0. The number of nitrogens with zero attached hydrogens (tertiary/aromatic N) is 1. The van der Waals surface area contributed by atoms with Crippen LogP contribution in [0.1, 0.15) is 17.8 Å². The Hall–Kier alpha value is -2.29. The van der Waals surface area contributed by atoms with Crippen LogP contribution in [0.2, 0.25) is 0 Å². The van der Waals surface area contributed by atoms with Crippen LogP contribution in [0.3, 0.4) is 0 Å². The number of carbonyl (C=O) groups is 1. The summed E-state index contributed by atoms with van der Waals surface area (Å²) in [7, 11) is 1.55. The molecule has 0 saturated heterocycles. The minimum absolute atomic E-state index is 0.157. The Morgan fingerprint density at radius 1 is 1.30 bits per heavy atom. The van der Waals surface area contributed by atoms with Gasteiger partial charge in [-0.3, -0.25) is 4.90 Å². The maximum Gasteiger partial charge on any atom is 0.338 e. The summed E-state index contributed by atoms with van der Waals surface area (Å²) >= 11 is 7.06. The van der Waals surface area contributed by atoms with Gasteiger partial charge in [0.15, 0.2) is 5.11 Å². The van der Waals surface area contributed by atoms with E-state index in [4.69, 9.17) is 21.7 Å². The molecule has 1 aromatic heterocycles. The van der Waals surface area contributed by atoms with Gasteiger partial charge in [-0.15, -0.1) is 11.3 Å². The van der Waals surface area contributed by atoms with Gasteiger partial charge in [-0.2, -0.15) is 0 Å². The third-order valence-electron chi connectivity index (χ3n) is 4.14. The molecule has 0 amide bonds. The van der Waals surface area contributed by atoms with Crippen molar-refractivity contribution >= 4 is 40.3 Å². The predicted molar refractivity (Wildman–Crippen MR) is 107 cm³/mol. The maximum absolute atomic E-state index is 13.3. The Morgan fingerprint density at radius 2 is 2.04 bits per heavy atom. The van der Waals surface area contributed by atoms with E-state index in [2.05, 4.69) is 5.32 Å². The van der Waals surface area contributed by atoms with Crippen molar-refractivity contribution in [3.63, 3.8) is 0 Å². The summed E-state index contributed by atoms with van der Waals surface area (Å²) in [5.41, 5.74) is 1.77. The van der Waals surface area contributed by atoms with Crippen molar-refractivity contribution in [2.75, 3.05) is 25.2 Å². The van der Waals surface area contributed by atoms with E-state index >= 15 is 0 Å². The van der Waals surface area contributed by atoms with Gasteiger partial charge in [-0.05, 0) is 54.9 Å². The molecule has 0 aliphatic carbocycles. The second kappa shape index (κ2) is 8.60. The first-order valence-electron chi connectivity index (χ1n) is 8.29. The molecule has 1 aromatic carbocycles. The Morgan fingerprint density at radius 3 is 2.67 bits per heavy atom. The number of methoxy groups -OCH3 is 1. The zero-order chi connectivity index (χ0) is 19.4. The second-order valence-electron chi connectivity index (χ2n) is 5.84. The molecule has 8 heteroatoms. The number of halogens is 1. The maximum atomic E-state index is 13.3. The third-order valence-corrected chi connectivity index (χ3v) is 5.38. The van der Waals surface area contributed by atoms with E-state index in [1.165, 1.54) is 23.5 Å². The molecular formula is C19H19FN2O3S2. The van der Waals surface area contributed by atoms with Crippen molar-refractivity contribution in [2.45, 2.75) is 13.0 Å². The van der Waals surface area contributed by atoms with E-state index in [1.54, 1.807) is 24.1 Å². The Bertz CT molecular complexity index is 850. The van der Waals surface area contributed by atoms with Crippen molar-refractivity contribution < 1.29 is 18.7 Å². The van der Waals surface area contributed by atoms with Gasteiger partial charge >= 0.3 is 5.97 Å². The van der Waals surface area contributed by atoms with E-state index in [0.717, 1.165) is 4.88 Å². The highest BCUT2D eigenvalue weighted by molar-refractivity contribution is 7.80. The SMILES string of the molecule is COCCOC(=O)C1=C(C)N(c2ccc(F)cc2)C(=S)N[C@H]1c1cccs1. The molecule has 27 heavy (non-hydrogen) atoms. The summed E-state index contributed by atoms with van der Waals surface area (Å²) in [5.74, 6) is -0.781. The fourth-order valence-electron chi connectivity index (χ4n) is 2.87. The number of thiocarbonyl (C=S) groups is 1. The van der Waals surface area contributed by atoms with Gasteiger partial charge in [0, 0.05) is 23.4 Å². The summed E-state index contributed by atoms with van der Waals surface area (Å²) in [4.78, 5) is 15.5. The van der Waals surface area contributed by atoms with E-state index in [1.807, 2.05) is 24.4 Å². The first-order chi connectivity index (χ1) is 13.0. The van der Waals surface area contributed by atoms with Crippen molar-refractivity contribution in [1.29, 1.82) is 0 Å². The van der Waals surface area contributed by atoms with Gasteiger partial charge in [0.1, 0.15) is 12.4 Å². The minimum atomic E-state index is -0.440. The van der Waals surface area contributed by atoms with Crippen LogP contribution in [0.15, 0.2) is 53.0 Å². The third kappa shape index (κ3) is 4.18. The lowest BCUT2D eigenvalue weighted by Crippen LogP contribution is -2.48. The number of anilines is 1. The Kier molecular flexibility index (Phi) is 6.20. The number of benzene rings is 1. The molecule has 2 aromatic rings. The van der Waals surface area contributed by atoms with E-state index in [-0.39, 0.29) is 12.4 Å². The summed E-state index contributed by atoms with van der Waals surface area (Å²) in [6, 6.07) is 9.40. The predicted octanol–water partition coefficient (Wildman–Crippen LogP) is 3.79. The highest BCUT2D eigenvalue weighted by atomic mass is 32.1. The number of allylic oxidation sites excluding steroid dienone is 1. The lowest BCUT2D eigenvalue weighted by molar-refractivity contribution is -0.140. The Balaban J connectivity index is 2.02. The minimum Gasteiger partial charge on any atom is -0.460 e. The van der Waals surface area contributed by atoms with E-state index in [9.17, 15) is 9.18 Å². The first-order valence-corrected chi connectivity index (χ1v) is 9.58. The zero-order valence-corrected chi connectivity index (χ0v) is 16.5. The van der Waals surface area contributed by atoms with Gasteiger partial charge in [0.2, 0.25) is 0 Å². The molecule has 0 fully saturated rings. The smallest absolute Gasteiger partial charge is 0.338 e. The van der Waals surface area contributed by atoms with Crippen molar-refractivity contribution in [1.82, 2.24) is 5.32 Å². The molecule has 0 radical (unpaired) electrons. The van der Waals surface area contributed by atoms with Gasteiger partial charge in [-0.25, -0.2) is 9.18 Å². The molecule has 1 atom stereocenters. The topological polar surface area (TPSA) is 50.8 Å². The van der Waals surface area contributed by atoms with Crippen LogP contribution in [0.25, 0.3) is 0 Å². The van der Waals surface area contributed by atoms with Crippen LogP contribution in [-0.4, -0.2) is 31.4 Å². The molecule has 0 bridgehead atoms. The van der Waals surface area contributed by atoms with Gasteiger partial charge in [0.05, 0.1) is 18.2 Å². The number of ether oxygens (including phenoxy) is 2. The van der Waals surface area contributed by atoms with Gasteiger partial charge in [0.25, 0.3) is 0 Å². The van der Waals surface area contributed by atoms with Crippen molar-refractivity contribution in [3.05, 3.63) is 63.7 Å². The number of nitrogens with one attached hydrogen (secondary N) is 1. The summed E-state index contributed by atoms with van der Waals surface area (Å²) in [5, 5.41) is 5.59. The number of rotatable bonds is 6. The highest BCUT2D eigenvalue weighted by Gasteiger charge is 2.35.